The number of carbonyl (C=O) groups excluding carboxylic acids is 1. The molecule has 0 amide bonds. The molecule has 5 aliphatic carbocycles. The van der Waals surface area contributed by atoms with Crippen LogP contribution < -0.4 is 0 Å². The van der Waals surface area contributed by atoms with Crippen molar-refractivity contribution in [3.05, 3.63) is 12.2 Å². The first-order valence-electron chi connectivity index (χ1n) is 23.4. The van der Waals surface area contributed by atoms with Gasteiger partial charge in [-0.05, 0) is 92.8 Å². The highest BCUT2D eigenvalue weighted by Gasteiger charge is 2.89. The summed E-state index contributed by atoms with van der Waals surface area (Å²) in [6, 6.07) is 0. The van der Waals surface area contributed by atoms with Gasteiger partial charge in [-0.2, -0.15) is 0 Å². The number of aliphatic hydroxyl groups is 8. The second-order valence-electron chi connectivity index (χ2n) is 22.5. The molecule has 0 radical (unpaired) electrons. The molecule has 8 N–H and O–H groups in total. The number of hydrogen-bond acceptors (Lipinski definition) is 17. The fourth-order valence-corrected chi connectivity index (χ4v) is 15.9. The molecule has 10 rings (SSSR count). The fraction of sp³-hybridized carbons (Fsp3) is 0.935. The van der Waals surface area contributed by atoms with Crippen LogP contribution in [0.4, 0.5) is 0 Å². The quantitative estimate of drug-likeness (QED) is 0.0752. The van der Waals surface area contributed by atoms with Crippen LogP contribution in [-0.4, -0.2) is 170 Å². The lowest BCUT2D eigenvalue weighted by Gasteiger charge is -2.72. The Morgan fingerprint density at radius 1 is 0.730 bits per heavy atom. The molecule has 356 valence electrons. The zero-order valence-corrected chi connectivity index (χ0v) is 37.3. The third-order valence-electron chi connectivity index (χ3n) is 19.5. The summed E-state index contributed by atoms with van der Waals surface area (Å²) >= 11 is 0. The number of allylic oxidation sites excluding steroid dienone is 1. The molecule has 10 fully saturated rings. The van der Waals surface area contributed by atoms with E-state index in [0.29, 0.717) is 6.42 Å². The Labute approximate surface area is 368 Å². The maximum Gasteiger partial charge on any atom is 0.313 e. The maximum atomic E-state index is 14.0. The smallest absolute Gasteiger partial charge is 0.313 e. The van der Waals surface area contributed by atoms with E-state index in [1.807, 2.05) is 0 Å². The summed E-state index contributed by atoms with van der Waals surface area (Å²) in [5, 5.41) is 86.2. The van der Waals surface area contributed by atoms with E-state index in [-0.39, 0.29) is 64.9 Å². The predicted octanol–water partition coefficient (Wildman–Crippen LogP) is 0.565. The van der Waals surface area contributed by atoms with E-state index in [0.717, 1.165) is 51.4 Å². The molecule has 0 aromatic rings. The third kappa shape index (κ3) is 6.04. The summed E-state index contributed by atoms with van der Waals surface area (Å²) in [5.41, 5.74) is -0.925. The largest absolute Gasteiger partial charge is 0.455 e. The summed E-state index contributed by atoms with van der Waals surface area (Å²) in [6.45, 7) is 16.6. The molecule has 17 nitrogen and oxygen atoms in total. The summed E-state index contributed by atoms with van der Waals surface area (Å²) < 4.78 is 49.9. The lowest BCUT2D eigenvalue weighted by atomic mass is 9.31. The number of rotatable bonds is 7. The van der Waals surface area contributed by atoms with Gasteiger partial charge in [0.1, 0.15) is 67.1 Å². The van der Waals surface area contributed by atoms with Gasteiger partial charge in [-0.1, -0.05) is 46.8 Å². The summed E-state index contributed by atoms with van der Waals surface area (Å²) in [6.07, 6.45) is -14.2. The number of epoxide rings is 1. The Hall–Kier alpha value is -1.39. The number of hydrogen-bond donors (Lipinski definition) is 8. The first-order chi connectivity index (χ1) is 29.6. The van der Waals surface area contributed by atoms with Gasteiger partial charge >= 0.3 is 5.97 Å². The lowest BCUT2D eigenvalue weighted by Crippen LogP contribution is -2.74. The van der Waals surface area contributed by atoms with Crippen LogP contribution in [0.15, 0.2) is 12.2 Å². The van der Waals surface area contributed by atoms with E-state index in [4.69, 9.17) is 37.9 Å². The molecule has 5 saturated carbocycles. The lowest BCUT2D eigenvalue weighted by molar-refractivity contribution is -0.385. The fourth-order valence-electron chi connectivity index (χ4n) is 15.9. The van der Waals surface area contributed by atoms with Crippen molar-refractivity contribution in [2.75, 3.05) is 13.2 Å². The molecular formula is C46H70O17. The maximum absolute atomic E-state index is 14.0. The predicted molar refractivity (Wildman–Crippen MR) is 216 cm³/mol. The highest BCUT2D eigenvalue weighted by atomic mass is 16.8. The average Bonchev–Trinajstić information content (AvgIpc) is 3.99. The molecule has 5 heterocycles. The van der Waals surface area contributed by atoms with Gasteiger partial charge in [0.2, 0.25) is 0 Å². The van der Waals surface area contributed by atoms with E-state index in [1.54, 1.807) is 0 Å². The first kappa shape index (κ1) is 45.4. The van der Waals surface area contributed by atoms with Crippen LogP contribution in [-0.2, 0) is 42.7 Å². The Kier molecular flexibility index (Phi) is 10.8. The van der Waals surface area contributed by atoms with Gasteiger partial charge in [0.05, 0.1) is 36.9 Å². The van der Waals surface area contributed by atoms with Crippen molar-refractivity contribution in [2.24, 2.45) is 44.8 Å². The second kappa shape index (κ2) is 15.1. The summed E-state index contributed by atoms with van der Waals surface area (Å²) in [5.74, 6) is 0.461. The molecule has 2 bridgehead atoms. The van der Waals surface area contributed by atoms with Gasteiger partial charge in [0.25, 0.3) is 0 Å². The van der Waals surface area contributed by atoms with Gasteiger partial charge in [0.15, 0.2) is 24.5 Å². The van der Waals surface area contributed by atoms with E-state index >= 15 is 0 Å². The highest BCUT2D eigenvalue weighted by molar-refractivity contribution is 5.82. The van der Waals surface area contributed by atoms with Crippen molar-refractivity contribution in [1.82, 2.24) is 0 Å². The number of carbonyl (C=O) groups is 1. The minimum atomic E-state index is -1.78. The van der Waals surface area contributed by atoms with Crippen LogP contribution in [0.2, 0.25) is 0 Å². The molecule has 63 heavy (non-hydrogen) atoms. The zero-order chi connectivity index (χ0) is 45.1. The van der Waals surface area contributed by atoms with E-state index < -0.39 is 109 Å². The molecular weight excluding hydrogens is 824 g/mol. The van der Waals surface area contributed by atoms with Crippen LogP contribution >= 0.6 is 0 Å². The summed E-state index contributed by atoms with van der Waals surface area (Å²) in [7, 11) is 0. The molecule has 0 unspecified atom stereocenters. The first-order valence-corrected chi connectivity index (χ1v) is 23.4. The third-order valence-corrected chi connectivity index (χ3v) is 19.5. The van der Waals surface area contributed by atoms with Gasteiger partial charge in [-0.25, -0.2) is 0 Å². The Morgan fingerprint density at radius 2 is 1.46 bits per heavy atom. The number of fused-ring (bicyclic) bond motifs is 6. The van der Waals surface area contributed by atoms with E-state index in [1.165, 1.54) is 12.5 Å². The Balaban J connectivity index is 0.865. The molecule has 25 atom stereocenters. The van der Waals surface area contributed by atoms with Gasteiger partial charge in [0, 0.05) is 11.3 Å². The normalized spacial score (nSPS) is 59.3. The molecule has 0 aromatic carbocycles. The van der Waals surface area contributed by atoms with Crippen molar-refractivity contribution < 1.29 is 83.5 Å². The highest BCUT2D eigenvalue weighted by Crippen LogP contribution is 2.83. The number of esters is 1. The van der Waals surface area contributed by atoms with Crippen molar-refractivity contribution in [3.8, 4) is 0 Å². The van der Waals surface area contributed by atoms with Gasteiger partial charge < -0.3 is 78.7 Å². The average molecular weight is 895 g/mol. The van der Waals surface area contributed by atoms with Gasteiger partial charge in [-0.3, -0.25) is 4.79 Å². The molecule has 5 saturated heterocycles. The van der Waals surface area contributed by atoms with Crippen LogP contribution in [0.1, 0.15) is 99.3 Å². The molecule has 1 spiro atoms. The van der Waals surface area contributed by atoms with Crippen LogP contribution in [0.3, 0.4) is 0 Å². The zero-order valence-electron chi connectivity index (χ0n) is 37.3. The monoisotopic (exact) mass is 894 g/mol. The van der Waals surface area contributed by atoms with Crippen LogP contribution in [0, 0.1) is 44.8 Å². The van der Waals surface area contributed by atoms with Crippen molar-refractivity contribution in [1.29, 1.82) is 0 Å². The van der Waals surface area contributed by atoms with Crippen molar-refractivity contribution in [2.45, 2.75) is 209 Å². The van der Waals surface area contributed by atoms with Crippen LogP contribution in [0.5, 0.6) is 0 Å². The number of aliphatic hydroxyl groups excluding tert-OH is 8. The minimum Gasteiger partial charge on any atom is -0.455 e. The molecule has 5 aliphatic heterocycles. The minimum absolute atomic E-state index is 0.0260. The van der Waals surface area contributed by atoms with E-state index in [2.05, 4.69) is 41.2 Å². The summed E-state index contributed by atoms with van der Waals surface area (Å²) in [4.78, 5) is 14.0. The second-order valence-corrected chi connectivity index (χ2v) is 22.5. The molecule has 17 heteroatoms. The van der Waals surface area contributed by atoms with E-state index in [9.17, 15) is 45.6 Å². The standard InChI is InChI=1S/C46H70O17/c1-19-8-13-45-15-14-44(7)43(6)12-9-23-41(3,4)25(10-11-42(23,5)35(43)34-36(60-34)46(44,24(45)16-19)63-40(45)55)59-37-31(54)32(21(48)18-56-37)61-39-33(29(52)27(50)22(17-47)58-39)62-38-30(53)28(51)26(49)20(2)57-38/h20-39,47-54H,1,8-18H2,2-7H3/t20-,21-,22-,23-,24+,25-,26-,27-,28-,29+,30+,31+,32-,33-,34+,35+,36+,37+,38-,39-,42+,43-,44-,45+,46-/m1/s1. The molecule has 10 aliphatic rings. The van der Waals surface area contributed by atoms with Gasteiger partial charge in [-0.15, -0.1) is 0 Å². The van der Waals surface area contributed by atoms with Crippen molar-refractivity contribution >= 4 is 5.97 Å². The topological polar surface area (TPSA) is 256 Å². The van der Waals surface area contributed by atoms with Crippen molar-refractivity contribution in [3.63, 3.8) is 0 Å². The Bertz CT molecular complexity index is 1820. The number of ether oxygens (including phenoxy) is 8. The SMILES string of the molecule is C=C1CC[C@@]23CC[C@@]4(C)[C@](OC2=O)([C@H]2O[C@H]2[C@H]2[C@@]5(C)CC[C@@H](O[C@@H]6OC[C@@H](O)[C@@H](O[C@H]7O[C@H](CO)[C@@H](O)[C@H](O)[C@H]7O[C@H]7O[C@H](C)[C@@H](O)[C@@H](O)[C@@H]7O)[C@@H]6O)C(C)(C)[C@H]5CC[C@]24C)[C@H]3C1. The Morgan fingerprint density at radius 3 is 2.19 bits per heavy atom. The molecule has 0 aromatic heterocycles. The van der Waals surface area contributed by atoms with Crippen LogP contribution in [0.25, 0.3) is 0 Å².